The fourth-order valence-electron chi connectivity index (χ4n) is 4.68. The van der Waals surface area contributed by atoms with Gasteiger partial charge in [-0.3, -0.25) is 9.59 Å². The average Bonchev–Trinajstić information content (AvgIpc) is 3.44. The lowest BCUT2D eigenvalue weighted by Crippen LogP contribution is -2.53. The zero-order valence-corrected chi connectivity index (χ0v) is 19.7. The number of cyclic esters (lactones) is 1. The number of carbonyl (C=O) groups is 2. The summed E-state index contributed by atoms with van der Waals surface area (Å²) in [6.07, 6.45) is 7.88. The lowest BCUT2D eigenvalue weighted by atomic mass is 9.76. The predicted molar refractivity (Wildman–Crippen MR) is 123 cm³/mol. The van der Waals surface area contributed by atoms with E-state index in [1.165, 1.54) is 23.1 Å². The van der Waals surface area contributed by atoms with Crippen molar-refractivity contribution in [2.45, 2.75) is 80.1 Å². The van der Waals surface area contributed by atoms with E-state index in [1.807, 2.05) is 31.4 Å². The number of hydrogen-bond acceptors (Lipinski definition) is 7. The molecule has 0 spiro atoms. The molecule has 2 unspecified atom stereocenters. The molecule has 0 radical (unpaired) electrons. The summed E-state index contributed by atoms with van der Waals surface area (Å²) in [5.74, 6) is 0.688. The van der Waals surface area contributed by atoms with Gasteiger partial charge in [0.25, 0.3) is 0 Å². The van der Waals surface area contributed by atoms with Crippen LogP contribution >= 0.6 is 23.1 Å². The fraction of sp³-hybridized carbons (Fsp3) is 0.542. The number of thioether (sulfide) groups is 1. The van der Waals surface area contributed by atoms with Crippen molar-refractivity contribution in [1.82, 2.24) is 4.98 Å². The number of hydrogen-bond donors (Lipinski definition) is 0. The highest BCUT2D eigenvalue weighted by Crippen LogP contribution is 2.46. The van der Waals surface area contributed by atoms with Crippen molar-refractivity contribution < 1.29 is 19.1 Å². The van der Waals surface area contributed by atoms with Crippen LogP contribution < -0.4 is 4.74 Å². The van der Waals surface area contributed by atoms with E-state index in [-0.39, 0.29) is 17.8 Å². The topological polar surface area (TPSA) is 65.5 Å². The second-order valence-electron chi connectivity index (χ2n) is 8.72. The molecule has 1 aromatic heterocycles. The Hall–Kier alpha value is -1.86. The van der Waals surface area contributed by atoms with E-state index in [1.54, 1.807) is 6.20 Å². The first kappa shape index (κ1) is 22.3. The van der Waals surface area contributed by atoms with Crippen LogP contribution in [-0.4, -0.2) is 33.7 Å². The number of ether oxygens (including phenoxy) is 2. The minimum Gasteiger partial charge on any atom is -0.491 e. The van der Waals surface area contributed by atoms with E-state index < -0.39 is 16.8 Å². The number of aryl methyl sites for hydroxylation is 1. The number of thiazole rings is 1. The highest BCUT2D eigenvalue weighted by Gasteiger charge is 2.51. The zero-order chi connectivity index (χ0) is 21.8. The van der Waals surface area contributed by atoms with E-state index >= 15 is 0 Å². The van der Waals surface area contributed by atoms with Crippen LogP contribution in [0.25, 0.3) is 0 Å². The summed E-state index contributed by atoms with van der Waals surface area (Å²) >= 11 is 2.66. The number of carbonyl (C=O) groups excluding carboxylic acids is 2. The minimum atomic E-state index is -0.798. The van der Waals surface area contributed by atoms with E-state index in [4.69, 9.17) is 9.47 Å². The Bertz CT molecular complexity index is 871. The van der Waals surface area contributed by atoms with Crippen molar-refractivity contribution in [1.29, 1.82) is 0 Å². The van der Waals surface area contributed by atoms with Crippen LogP contribution in [0, 0.1) is 5.92 Å². The van der Waals surface area contributed by atoms with Crippen LogP contribution in [0.15, 0.2) is 40.2 Å². The zero-order valence-electron chi connectivity index (χ0n) is 18.0. The van der Waals surface area contributed by atoms with Gasteiger partial charge in [0, 0.05) is 18.0 Å². The van der Waals surface area contributed by atoms with Gasteiger partial charge in [0.1, 0.15) is 11.4 Å². The lowest BCUT2D eigenvalue weighted by molar-refractivity contribution is -0.177. The second-order valence-corrected chi connectivity index (χ2v) is 11.0. The number of aromatic nitrogens is 1. The number of nitrogens with zero attached hydrogens (tertiary/aromatic N) is 1. The lowest BCUT2D eigenvalue weighted by Gasteiger charge is -2.42. The van der Waals surface area contributed by atoms with Crippen LogP contribution in [0.4, 0.5) is 0 Å². The van der Waals surface area contributed by atoms with Gasteiger partial charge in [-0.25, -0.2) is 4.98 Å². The van der Waals surface area contributed by atoms with Gasteiger partial charge >= 0.3 is 5.97 Å². The van der Waals surface area contributed by atoms with E-state index in [9.17, 15) is 9.59 Å². The van der Waals surface area contributed by atoms with Gasteiger partial charge in [-0.15, -0.1) is 11.3 Å². The third kappa shape index (κ3) is 5.32. The molecule has 1 saturated carbocycles. The summed E-state index contributed by atoms with van der Waals surface area (Å²) in [6.45, 7) is 4.02. The molecular weight excluding hydrogens is 430 g/mol. The molecule has 7 heteroatoms. The highest BCUT2D eigenvalue weighted by atomic mass is 32.2. The van der Waals surface area contributed by atoms with Gasteiger partial charge in [-0.05, 0) is 63.1 Å². The molecular formula is C24H29NO4S2. The molecule has 31 heavy (non-hydrogen) atoms. The second kappa shape index (κ2) is 9.74. The summed E-state index contributed by atoms with van der Waals surface area (Å²) in [4.78, 5) is 30.3. The van der Waals surface area contributed by atoms with Crippen LogP contribution in [-0.2, 0) is 20.7 Å². The monoisotopic (exact) mass is 459 g/mol. The molecule has 0 N–H and O–H groups in total. The first-order chi connectivity index (χ1) is 14.9. The maximum Gasteiger partial charge on any atom is 0.327 e. The van der Waals surface area contributed by atoms with E-state index in [2.05, 4.69) is 17.1 Å². The quantitative estimate of drug-likeness (QED) is 0.385. The molecule has 4 rings (SSSR count). The van der Waals surface area contributed by atoms with Gasteiger partial charge in [-0.2, -0.15) is 0 Å². The Morgan fingerprint density at radius 2 is 1.97 bits per heavy atom. The van der Waals surface area contributed by atoms with Crippen LogP contribution in [0.3, 0.4) is 0 Å². The molecule has 1 aromatic carbocycles. The van der Waals surface area contributed by atoms with Crippen molar-refractivity contribution in [3.63, 3.8) is 0 Å². The van der Waals surface area contributed by atoms with E-state index in [0.717, 1.165) is 47.8 Å². The molecule has 2 aromatic rings. The number of esters is 1. The van der Waals surface area contributed by atoms with Crippen LogP contribution in [0.1, 0.15) is 57.9 Å². The van der Waals surface area contributed by atoms with Crippen molar-refractivity contribution in [3.8, 4) is 5.75 Å². The first-order valence-electron chi connectivity index (χ1n) is 11.0. The molecule has 0 bridgehead atoms. The Balaban J connectivity index is 1.47. The summed E-state index contributed by atoms with van der Waals surface area (Å²) in [5.41, 5.74) is 0.480. The minimum absolute atomic E-state index is 0.0240. The van der Waals surface area contributed by atoms with Crippen molar-refractivity contribution in [3.05, 3.63) is 41.4 Å². The number of rotatable bonds is 8. The maximum absolute atomic E-state index is 13.1. The van der Waals surface area contributed by atoms with Gasteiger partial charge < -0.3 is 9.47 Å². The summed E-state index contributed by atoms with van der Waals surface area (Å²) in [7, 11) is 0. The Labute approximate surface area is 191 Å². The standard InChI is InChI=1S/C24H29NO4S2/c1-16(2)28-19-9-7-17(8-10-19)11-12-24(18-5-3-4-6-18)15-20(26)21(22(27)29-24)31-23-25-13-14-30-23/h7-10,13-14,16,18,21H,3-6,11-12,15H2,1-2H3. The molecule has 2 fully saturated rings. The molecule has 1 aliphatic carbocycles. The summed E-state index contributed by atoms with van der Waals surface area (Å²) in [6, 6.07) is 8.09. The molecule has 2 heterocycles. The van der Waals surface area contributed by atoms with Crippen molar-refractivity contribution >= 4 is 34.9 Å². The van der Waals surface area contributed by atoms with Gasteiger partial charge in [0.05, 0.1) is 6.10 Å². The van der Waals surface area contributed by atoms with E-state index in [0.29, 0.717) is 12.8 Å². The third-order valence-electron chi connectivity index (χ3n) is 6.14. The third-order valence-corrected chi connectivity index (χ3v) is 8.28. The van der Waals surface area contributed by atoms with Crippen LogP contribution in [0.5, 0.6) is 5.75 Å². The van der Waals surface area contributed by atoms with Gasteiger partial charge in [-0.1, -0.05) is 36.7 Å². The molecule has 2 atom stereocenters. The summed E-state index contributed by atoms with van der Waals surface area (Å²) < 4.78 is 12.6. The Kier molecular flexibility index (Phi) is 7.02. The highest BCUT2D eigenvalue weighted by molar-refractivity contribution is 8.03. The van der Waals surface area contributed by atoms with Crippen LogP contribution in [0.2, 0.25) is 0 Å². The predicted octanol–water partition coefficient (Wildman–Crippen LogP) is 5.47. The normalized spacial score (nSPS) is 24.5. The van der Waals surface area contributed by atoms with Gasteiger partial charge in [0.15, 0.2) is 15.4 Å². The SMILES string of the molecule is CC(C)Oc1ccc(CCC2(C3CCCC3)CC(=O)C(Sc3nccs3)C(=O)O2)cc1. The molecule has 1 aliphatic heterocycles. The van der Waals surface area contributed by atoms with Crippen molar-refractivity contribution in [2.75, 3.05) is 0 Å². The first-order valence-corrected chi connectivity index (χ1v) is 12.8. The maximum atomic E-state index is 13.1. The van der Waals surface area contributed by atoms with Gasteiger partial charge in [0.2, 0.25) is 0 Å². The molecule has 5 nitrogen and oxygen atoms in total. The molecule has 2 aliphatic rings. The number of ketones is 1. The Morgan fingerprint density at radius 1 is 1.23 bits per heavy atom. The molecule has 1 saturated heterocycles. The fourth-order valence-corrected chi connectivity index (χ4v) is 6.40. The molecule has 166 valence electrons. The Morgan fingerprint density at radius 3 is 2.58 bits per heavy atom. The number of benzene rings is 1. The van der Waals surface area contributed by atoms with Crippen molar-refractivity contribution in [2.24, 2.45) is 5.92 Å². The smallest absolute Gasteiger partial charge is 0.327 e. The molecule has 0 amide bonds. The number of Topliss-reactive ketones (excluding diaryl/α,β-unsaturated/α-hetero) is 1. The largest absolute Gasteiger partial charge is 0.491 e. The average molecular weight is 460 g/mol. The summed E-state index contributed by atoms with van der Waals surface area (Å²) in [5, 5.41) is 1.05.